The van der Waals surface area contributed by atoms with Crippen molar-refractivity contribution in [2.45, 2.75) is 6.54 Å². The number of carbonyl (C=O) groups is 1. The predicted molar refractivity (Wildman–Crippen MR) is 107 cm³/mol. The van der Waals surface area contributed by atoms with Crippen LogP contribution in [0.2, 0.25) is 0 Å². The first-order chi connectivity index (χ1) is 13.7. The molecule has 1 saturated heterocycles. The minimum Gasteiger partial charge on any atom is -0.507 e. The van der Waals surface area contributed by atoms with Crippen LogP contribution in [0.1, 0.15) is 21.5 Å². The Labute approximate surface area is 162 Å². The van der Waals surface area contributed by atoms with Crippen LogP contribution in [-0.2, 0) is 6.54 Å². The zero-order valence-electron chi connectivity index (χ0n) is 15.4. The number of phenolic OH excluding ortho intramolecular Hbond substituents is 1. The third-order valence-corrected chi connectivity index (χ3v) is 5.42. The molecule has 28 heavy (non-hydrogen) atoms. The van der Waals surface area contributed by atoms with E-state index in [2.05, 4.69) is 15.2 Å². The summed E-state index contributed by atoms with van der Waals surface area (Å²) in [6.07, 6.45) is 3.64. The Bertz CT molecular complexity index is 1090. The second-order valence-electron chi connectivity index (χ2n) is 7.20. The molecule has 3 N–H and O–H groups in total. The van der Waals surface area contributed by atoms with E-state index in [4.69, 9.17) is 4.74 Å². The summed E-state index contributed by atoms with van der Waals surface area (Å²) in [4.78, 5) is 18.4. The van der Waals surface area contributed by atoms with Gasteiger partial charge < -0.3 is 20.1 Å². The zero-order valence-corrected chi connectivity index (χ0v) is 15.4. The van der Waals surface area contributed by atoms with Crippen molar-refractivity contribution in [1.29, 1.82) is 0 Å². The van der Waals surface area contributed by atoms with Crippen molar-refractivity contribution < 1.29 is 14.6 Å². The van der Waals surface area contributed by atoms with E-state index in [1.54, 1.807) is 18.2 Å². The number of H-pyrrole nitrogens is 1. The van der Waals surface area contributed by atoms with Crippen LogP contribution in [0.3, 0.4) is 0 Å². The number of ketones is 1. The van der Waals surface area contributed by atoms with Gasteiger partial charge in [0.15, 0.2) is 5.76 Å². The van der Waals surface area contributed by atoms with E-state index in [1.807, 2.05) is 30.5 Å². The molecule has 0 unspecified atom stereocenters. The van der Waals surface area contributed by atoms with E-state index < -0.39 is 0 Å². The van der Waals surface area contributed by atoms with E-state index in [0.717, 1.165) is 42.6 Å². The lowest BCUT2D eigenvalue weighted by Crippen LogP contribution is -2.42. The molecule has 142 valence electrons. The molecule has 0 bridgehead atoms. The maximum Gasteiger partial charge on any atom is 0.231 e. The number of aromatic hydroxyl groups is 1. The fraction of sp³-hybridized carbons (Fsp3) is 0.227. The highest BCUT2D eigenvalue weighted by atomic mass is 16.5. The van der Waals surface area contributed by atoms with Crippen molar-refractivity contribution in [3.63, 3.8) is 0 Å². The van der Waals surface area contributed by atoms with Crippen LogP contribution in [-0.4, -0.2) is 47.0 Å². The molecule has 0 aliphatic carbocycles. The summed E-state index contributed by atoms with van der Waals surface area (Å²) in [5.41, 5.74) is 3.10. The average molecular weight is 375 g/mol. The van der Waals surface area contributed by atoms with Gasteiger partial charge in [0.25, 0.3) is 0 Å². The van der Waals surface area contributed by atoms with Gasteiger partial charge in [-0.1, -0.05) is 18.2 Å². The van der Waals surface area contributed by atoms with Gasteiger partial charge in [-0.25, -0.2) is 0 Å². The quantitative estimate of drug-likeness (QED) is 0.614. The Hall–Kier alpha value is -3.09. The molecule has 1 fully saturated rings. The third kappa shape index (κ3) is 2.87. The first-order valence-electron chi connectivity index (χ1n) is 9.49. The van der Waals surface area contributed by atoms with E-state index in [1.165, 1.54) is 0 Å². The zero-order chi connectivity index (χ0) is 19.1. The first-order valence-corrected chi connectivity index (χ1v) is 9.49. The van der Waals surface area contributed by atoms with E-state index in [0.29, 0.717) is 23.4 Å². The fourth-order valence-electron chi connectivity index (χ4n) is 3.90. The maximum absolute atomic E-state index is 12.9. The Morgan fingerprint density at radius 2 is 1.96 bits per heavy atom. The number of benzene rings is 2. The number of rotatable bonds is 3. The number of para-hydroxylation sites is 1. The number of aromatic amines is 1. The lowest BCUT2D eigenvalue weighted by Gasteiger charge is -2.27. The topological polar surface area (TPSA) is 77.6 Å². The molecule has 0 spiro atoms. The number of phenols is 1. The van der Waals surface area contributed by atoms with Gasteiger partial charge in [0.05, 0.1) is 11.1 Å². The number of carbonyl (C=O) groups excluding carboxylic acids is 1. The fourth-order valence-corrected chi connectivity index (χ4v) is 3.90. The first kappa shape index (κ1) is 17.0. The van der Waals surface area contributed by atoms with Crippen LogP contribution < -0.4 is 10.1 Å². The smallest absolute Gasteiger partial charge is 0.231 e. The number of piperazine rings is 1. The summed E-state index contributed by atoms with van der Waals surface area (Å²) in [5, 5.41) is 14.8. The molecule has 3 heterocycles. The summed E-state index contributed by atoms with van der Waals surface area (Å²) < 4.78 is 5.99. The SMILES string of the molecule is O=C1C(=Cc2c[nH]c3ccccc23)Oc2c1ccc(O)c2CN1CCNCC1. The molecule has 5 rings (SSSR count). The van der Waals surface area contributed by atoms with Crippen molar-refractivity contribution >= 4 is 22.8 Å². The highest BCUT2D eigenvalue weighted by Crippen LogP contribution is 2.40. The van der Waals surface area contributed by atoms with Gasteiger partial charge in [-0.15, -0.1) is 0 Å². The van der Waals surface area contributed by atoms with E-state index >= 15 is 0 Å². The maximum atomic E-state index is 12.9. The van der Waals surface area contributed by atoms with Crippen LogP contribution in [0.4, 0.5) is 0 Å². The molecule has 0 atom stereocenters. The van der Waals surface area contributed by atoms with Crippen molar-refractivity contribution in [2.24, 2.45) is 0 Å². The molecular formula is C22H21N3O3. The second-order valence-corrected chi connectivity index (χ2v) is 7.20. The minimum atomic E-state index is -0.151. The molecule has 6 heteroatoms. The molecular weight excluding hydrogens is 354 g/mol. The van der Waals surface area contributed by atoms with Crippen molar-refractivity contribution in [2.75, 3.05) is 26.2 Å². The van der Waals surface area contributed by atoms with Gasteiger partial charge in [0, 0.05) is 55.4 Å². The monoisotopic (exact) mass is 375 g/mol. The molecule has 2 aromatic carbocycles. The highest BCUT2D eigenvalue weighted by molar-refractivity contribution is 6.15. The molecule has 0 radical (unpaired) electrons. The van der Waals surface area contributed by atoms with Crippen LogP contribution in [0.15, 0.2) is 48.4 Å². The van der Waals surface area contributed by atoms with Crippen LogP contribution in [0.25, 0.3) is 17.0 Å². The number of aromatic nitrogens is 1. The van der Waals surface area contributed by atoms with Gasteiger partial charge >= 0.3 is 0 Å². The summed E-state index contributed by atoms with van der Waals surface area (Å²) >= 11 is 0. The number of hydrogen-bond acceptors (Lipinski definition) is 5. The lowest BCUT2D eigenvalue weighted by molar-refractivity contribution is 0.101. The Balaban J connectivity index is 1.50. The van der Waals surface area contributed by atoms with Gasteiger partial charge in [-0.2, -0.15) is 0 Å². The Morgan fingerprint density at radius 1 is 1.14 bits per heavy atom. The van der Waals surface area contributed by atoms with Crippen LogP contribution in [0.5, 0.6) is 11.5 Å². The number of Topliss-reactive ketones (excluding diaryl/α,β-unsaturated/α-hetero) is 1. The summed E-state index contributed by atoms with van der Waals surface area (Å²) in [6, 6.07) is 11.2. The molecule has 3 aromatic rings. The highest BCUT2D eigenvalue weighted by Gasteiger charge is 2.32. The Morgan fingerprint density at radius 3 is 2.82 bits per heavy atom. The number of fused-ring (bicyclic) bond motifs is 2. The standard InChI is InChI=1S/C22H21N3O3/c26-19-6-5-16-21(27)20(11-14-12-24-18-4-2-1-3-15(14)18)28-22(16)17(19)13-25-9-7-23-8-10-25/h1-6,11-12,23-24,26H,7-10,13H2. The Kier molecular flexibility index (Phi) is 4.15. The molecule has 2 aliphatic heterocycles. The third-order valence-electron chi connectivity index (χ3n) is 5.42. The molecule has 0 amide bonds. The summed E-state index contributed by atoms with van der Waals surface area (Å²) in [7, 11) is 0. The largest absolute Gasteiger partial charge is 0.507 e. The van der Waals surface area contributed by atoms with E-state index in [-0.39, 0.29) is 17.3 Å². The van der Waals surface area contributed by atoms with Crippen molar-refractivity contribution in [3.8, 4) is 11.5 Å². The van der Waals surface area contributed by atoms with Crippen molar-refractivity contribution in [1.82, 2.24) is 15.2 Å². The lowest BCUT2D eigenvalue weighted by atomic mass is 10.0. The minimum absolute atomic E-state index is 0.151. The molecule has 6 nitrogen and oxygen atoms in total. The van der Waals surface area contributed by atoms with Gasteiger partial charge in [-0.3, -0.25) is 9.69 Å². The summed E-state index contributed by atoms with van der Waals surface area (Å²) in [5.74, 6) is 0.779. The predicted octanol–water partition coefficient (Wildman–Crippen LogP) is 2.89. The van der Waals surface area contributed by atoms with Crippen LogP contribution in [0, 0.1) is 0 Å². The normalized spacial score (nSPS) is 18.6. The van der Waals surface area contributed by atoms with Gasteiger partial charge in [0.2, 0.25) is 5.78 Å². The number of nitrogens with zero attached hydrogens (tertiary/aromatic N) is 1. The number of nitrogens with one attached hydrogen (secondary N) is 2. The average Bonchev–Trinajstić information content (AvgIpc) is 3.27. The van der Waals surface area contributed by atoms with E-state index in [9.17, 15) is 9.90 Å². The van der Waals surface area contributed by atoms with Gasteiger partial charge in [-0.05, 0) is 24.3 Å². The van der Waals surface area contributed by atoms with Crippen molar-refractivity contribution in [3.05, 3.63) is 65.0 Å². The van der Waals surface area contributed by atoms with Gasteiger partial charge in [0.1, 0.15) is 11.5 Å². The molecule has 0 saturated carbocycles. The molecule has 1 aromatic heterocycles. The molecule has 2 aliphatic rings. The number of allylic oxidation sites excluding steroid dienone is 1. The summed E-state index contributed by atoms with van der Waals surface area (Å²) in [6.45, 7) is 4.19. The second kappa shape index (κ2) is 6.82. The van der Waals surface area contributed by atoms with Crippen LogP contribution >= 0.6 is 0 Å². The number of ether oxygens (including phenoxy) is 1. The number of hydrogen-bond donors (Lipinski definition) is 3.